The predicted molar refractivity (Wildman–Crippen MR) is 11.9 cm³/mol. The van der Waals surface area contributed by atoms with Gasteiger partial charge in [0.1, 0.15) is 0 Å². The van der Waals surface area contributed by atoms with E-state index in [-0.39, 0.29) is 26.2 Å². The van der Waals surface area contributed by atoms with Crippen LogP contribution in [0.5, 0.6) is 0 Å². The van der Waals surface area contributed by atoms with Crippen molar-refractivity contribution in [2.75, 3.05) is 0 Å². The molecule has 0 amide bonds. The number of rotatable bonds is 0. The molecule has 0 bridgehead atoms. The number of aliphatic hydroxyl groups excluding tert-OH is 1. The van der Waals surface area contributed by atoms with Crippen LogP contribution in [0.25, 0.3) is 0 Å². The van der Waals surface area contributed by atoms with Gasteiger partial charge in [0, 0.05) is 26.2 Å². The zero-order valence-electron chi connectivity index (χ0n) is 2.52. The Kier molecular flexibility index (Phi) is 20.2. The predicted octanol–water partition coefficient (Wildman–Crippen LogP) is 0.538. The second-order valence-electron chi connectivity index (χ2n) is 0.258. The van der Waals surface area contributed by atoms with Crippen molar-refractivity contribution in [3.8, 4) is 0 Å². The molecular formula is C2H5OZr-. The van der Waals surface area contributed by atoms with E-state index in [1.54, 1.807) is 6.92 Å². The maximum absolute atomic E-state index is 7.44. The third-order valence-corrected chi connectivity index (χ3v) is 0. The normalized spacial score (nSPS) is 4.50. The summed E-state index contributed by atoms with van der Waals surface area (Å²) in [6.07, 6.45) is 0. The standard InChI is InChI=1S/C2H5O.Zr/c1-2-3;/h2-3H,1H3;/q-1;. The van der Waals surface area contributed by atoms with Crippen molar-refractivity contribution < 1.29 is 31.3 Å². The molecule has 0 atom stereocenters. The van der Waals surface area contributed by atoms with Crippen molar-refractivity contribution in [3.05, 3.63) is 6.61 Å². The minimum Gasteiger partial charge on any atom is -0.566 e. The number of aliphatic hydroxyl groups is 1. The van der Waals surface area contributed by atoms with Crippen molar-refractivity contribution in [3.63, 3.8) is 0 Å². The quantitative estimate of drug-likeness (QED) is 0.482. The van der Waals surface area contributed by atoms with Gasteiger partial charge >= 0.3 is 0 Å². The van der Waals surface area contributed by atoms with Gasteiger partial charge in [0.25, 0.3) is 0 Å². The first kappa shape index (κ1) is 8.85. The van der Waals surface area contributed by atoms with Crippen LogP contribution in [0.15, 0.2) is 0 Å². The minimum atomic E-state index is 0. The van der Waals surface area contributed by atoms with Gasteiger partial charge in [0.15, 0.2) is 0 Å². The molecule has 0 aliphatic rings. The Balaban J connectivity index is 0. The van der Waals surface area contributed by atoms with Crippen LogP contribution in [-0.4, -0.2) is 5.11 Å². The molecule has 0 aromatic heterocycles. The first-order valence-corrected chi connectivity index (χ1v) is 0.836. The molecule has 0 aromatic rings. The van der Waals surface area contributed by atoms with Gasteiger partial charge in [-0.15, -0.1) is 0 Å². The Morgan fingerprint density at radius 1 is 1.75 bits per heavy atom. The van der Waals surface area contributed by atoms with Crippen molar-refractivity contribution in [2.45, 2.75) is 6.92 Å². The Hall–Kier alpha value is 0.843. The summed E-state index contributed by atoms with van der Waals surface area (Å²) in [5.41, 5.74) is 0. The molecule has 0 aliphatic heterocycles. The van der Waals surface area contributed by atoms with Crippen molar-refractivity contribution >= 4 is 0 Å². The topological polar surface area (TPSA) is 20.2 Å². The van der Waals surface area contributed by atoms with E-state index >= 15 is 0 Å². The van der Waals surface area contributed by atoms with Crippen LogP contribution in [-0.2, 0) is 26.2 Å². The summed E-state index contributed by atoms with van der Waals surface area (Å²) in [4.78, 5) is 0. The molecule has 0 saturated carbocycles. The summed E-state index contributed by atoms with van der Waals surface area (Å²) in [7, 11) is 0. The molecule has 1 N–H and O–H groups in total. The van der Waals surface area contributed by atoms with Crippen molar-refractivity contribution in [2.24, 2.45) is 0 Å². The molecule has 2 heteroatoms. The third-order valence-electron chi connectivity index (χ3n) is 0. The molecule has 0 fully saturated rings. The molecule has 0 spiro atoms. The van der Waals surface area contributed by atoms with Gasteiger partial charge in [-0.3, -0.25) is 0 Å². The van der Waals surface area contributed by atoms with Crippen LogP contribution >= 0.6 is 0 Å². The number of hydrogen-bond acceptors (Lipinski definition) is 1. The summed E-state index contributed by atoms with van der Waals surface area (Å²) >= 11 is 0. The van der Waals surface area contributed by atoms with Crippen LogP contribution in [0.2, 0.25) is 0 Å². The van der Waals surface area contributed by atoms with Crippen molar-refractivity contribution in [1.82, 2.24) is 0 Å². The van der Waals surface area contributed by atoms with Crippen LogP contribution < -0.4 is 0 Å². The van der Waals surface area contributed by atoms with E-state index in [0.717, 1.165) is 6.61 Å². The van der Waals surface area contributed by atoms with E-state index in [9.17, 15) is 0 Å². The molecule has 24 valence electrons. The van der Waals surface area contributed by atoms with Crippen LogP contribution in [0, 0.1) is 6.61 Å². The van der Waals surface area contributed by atoms with E-state index in [1.165, 1.54) is 0 Å². The molecule has 0 aromatic carbocycles. The average Bonchev–Trinajstić information content (AvgIpc) is 0.918. The van der Waals surface area contributed by atoms with Gasteiger partial charge in [-0.1, -0.05) is 0 Å². The van der Waals surface area contributed by atoms with Gasteiger partial charge in [-0.2, -0.15) is 6.92 Å². The van der Waals surface area contributed by atoms with Gasteiger partial charge in [-0.25, -0.2) is 6.61 Å². The zero-order chi connectivity index (χ0) is 2.71. The van der Waals surface area contributed by atoms with Crippen LogP contribution in [0.4, 0.5) is 0 Å². The molecule has 4 heavy (non-hydrogen) atoms. The van der Waals surface area contributed by atoms with Crippen LogP contribution in [0.3, 0.4) is 0 Å². The largest absolute Gasteiger partial charge is 0.566 e. The maximum Gasteiger partial charge on any atom is 0 e. The van der Waals surface area contributed by atoms with Gasteiger partial charge in [0.2, 0.25) is 0 Å². The SMILES string of the molecule is C[CH-]O.[Zr]. The summed E-state index contributed by atoms with van der Waals surface area (Å²) in [5, 5.41) is 7.44. The van der Waals surface area contributed by atoms with Gasteiger partial charge in [-0.05, 0) is 0 Å². The van der Waals surface area contributed by atoms with E-state index < -0.39 is 0 Å². The molecule has 0 aliphatic carbocycles. The Labute approximate surface area is 45.1 Å². The summed E-state index contributed by atoms with van der Waals surface area (Å²) in [6, 6.07) is 0. The summed E-state index contributed by atoms with van der Waals surface area (Å²) in [6.45, 7) is 2.56. The van der Waals surface area contributed by atoms with E-state index in [2.05, 4.69) is 0 Å². The van der Waals surface area contributed by atoms with Crippen molar-refractivity contribution in [1.29, 1.82) is 0 Å². The fraction of sp³-hybridized carbons (Fsp3) is 0.500. The second kappa shape index (κ2) is 9.14. The molecule has 1 nitrogen and oxygen atoms in total. The maximum atomic E-state index is 7.44. The first-order chi connectivity index (χ1) is 1.41. The van der Waals surface area contributed by atoms with E-state index in [0.29, 0.717) is 0 Å². The summed E-state index contributed by atoms with van der Waals surface area (Å²) in [5.74, 6) is 0. The fourth-order valence-electron chi connectivity index (χ4n) is 0. The zero-order valence-corrected chi connectivity index (χ0v) is 4.98. The Morgan fingerprint density at radius 2 is 1.75 bits per heavy atom. The molecule has 0 saturated heterocycles. The van der Waals surface area contributed by atoms with E-state index in [1.807, 2.05) is 0 Å². The van der Waals surface area contributed by atoms with Gasteiger partial charge < -0.3 is 5.11 Å². The molecule has 0 heterocycles. The monoisotopic (exact) mass is 135 g/mol. The second-order valence-corrected chi connectivity index (χ2v) is 0.258. The Bertz CT molecular complexity index is 6.00. The molecule has 0 unspecified atom stereocenters. The summed E-state index contributed by atoms with van der Waals surface area (Å²) < 4.78 is 0. The van der Waals surface area contributed by atoms with Crippen LogP contribution in [0.1, 0.15) is 6.92 Å². The van der Waals surface area contributed by atoms with Gasteiger partial charge in [0.05, 0.1) is 0 Å². The Morgan fingerprint density at radius 3 is 1.75 bits per heavy atom. The minimum absolute atomic E-state index is 0. The first-order valence-electron chi connectivity index (χ1n) is 0.836. The molecular weight excluding hydrogens is 131 g/mol. The smallest absolute Gasteiger partial charge is 0 e. The third kappa shape index (κ3) is 13.6. The molecule has 0 radical (unpaired) electrons. The van der Waals surface area contributed by atoms with E-state index in [4.69, 9.17) is 5.11 Å². The number of hydrogen-bond donors (Lipinski definition) is 1. The fourth-order valence-corrected chi connectivity index (χ4v) is 0. The molecule has 0 rings (SSSR count). The average molecular weight is 136 g/mol.